The van der Waals surface area contributed by atoms with Crippen molar-refractivity contribution in [3.05, 3.63) is 24.2 Å². The number of alkyl halides is 1. The van der Waals surface area contributed by atoms with Crippen molar-refractivity contribution in [1.82, 2.24) is 5.32 Å². The van der Waals surface area contributed by atoms with E-state index < -0.39 is 5.38 Å². The van der Waals surface area contributed by atoms with E-state index in [-0.39, 0.29) is 5.91 Å². The number of furan rings is 1. The molecule has 0 aliphatic carbocycles. The van der Waals surface area contributed by atoms with Crippen molar-refractivity contribution in [2.24, 2.45) is 0 Å². The zero-order valence-electron chi connectivity index (χ0n) is 6.00. The summed E-state index contributed by atoms with van der Waals surface area (Å²) in [6.45, 7) is 0. The first-order valence-corrected chi connectivity index (χ1v) is 3.58. The first kappa shape index (κ1) is 8.14. The molecule has 0 unspecified atom stereocenters. The second-order valence-electron chi connectivity index (χ2n) is 1.99. The van der Waals surface area contributed by atoms with Gasteiger partial charge in [-0.1, -0.05) is 0 Å². The molecule has 1 aromatic heterocycles. The molecule has 4 heteroatoms. The second-order valence-corrected chi connectivity index (χ2v) is 2.43. The molecule has 1 N–H and O–H groups in total. The monoisotopic (exact) mass is 173 g/mol. The van der Waals surface area contributed by atoms with Crippen LogP contribution in [0.1, 0.15) is 11.1 Å². The van der Waals surface area contributed by atoms with Crippen molar-refractivity contribution in [2.75, 3.05) is 7.05 Å². The van der Waals surface area contributed by atoms with Gasteiger partial charge in [-0.3, -0.25) is 4.79 Å². The summed E-state index contributed by atoms with van der Waals surface area (Å²) in [6.07, 6.45) is 1.48. The second kappa shape index (κ2) is 3.44. The number of hydrogen-bond donors (Lipinski definition) is 1. The van der Waals surface area contributed by atoms with Gasteiger partial charge in [0.05, 0.1) is 6.26 Å². The molecule has 60 valence electrons. The molecule has 0 aliphatic heterocycles. The van der Waals surface area contributed by atoms with Crippen LogP contribution in [0.2, 0.25) is 0 Å². The van der Waals surface area contributed by atoms with Gasteiger partial charge in [-0.25, -0.2) is 0 Å². The summed E-state index contributed by atoms with van der Waals surface area (Å²) in [4.78, 5) is 10.9. The Kier molecular flexibility index (Phi) is 2.54. The van der Waals surface area contributed by atoms with Gasteiger partial charge in [-0.15, -0.1) is 11.6 Å². The topological polar surface area (TPSA) is 42.2 Å². The van der Waals surface area contributed by atoms with E-state index in [9.17, 15) is 4.79 Å². The van der Waals surface area contributed by atoms with Crippen LogP contribution in [0, 0.1) is 0 Å². The van der Waals surface area contributed by atoms with Crippen LogP contribution in [0.5, 0.6) is 0 Å². The summed E-state index contributed by atoms with van der Waals surface area (Å²) < 4.78 is 4.93. The lowest BCUT2D eigenvalue weighted by Gasteiger charge is -2.02. The van der Waals surface area contributed by atoms with Gasteiger partial charge >= 0.3 is 0 Å². The molecule has 0 aromatic carbocycles. The molecule has 1 atom stereocenters. The van der Waals surface area contributed by atoms with E-state index in [2.05, 4.69) is 5.32 Å². The number of carbonyl (C=O) groups is 1. The Labute approximate surface area is 69.3 Å². The fourth-order valence-electron chi connectivity index (χ4n) is 0.691. The Hall–Kier alpha value is -0.960. The maximum absolute atomic E-state index is 10.9. The highest BCUT2D eigenvalue weighted by molar-refractivity contribution is 6.30. The van der Waals surface area contributed by atoms with Crippen molar-refractivity contribution in [3.63, 3.8) is 0 Å². The van der Waals surface area contributed by atoms with Crippen molar-refractivity contribution in [2.45, 2.75) is 5.38 Å². The van der Waals surface area contributed by atoms with Crippen LogP contribution in [-0.4, -0.2) is 13.0 Å². The molecule has 0 saturated heterocycles. The van der Waals surface area contributed by atoms with Crippen molar-refractivity contribution >= 4 is 17.5 Å². The Bertz CT molecular complexity index is 233. The number of halogens is 1. The van der Waals surface area contributed by atoms with Crippen molar-refractivity contribution < 1.29 is 9.21 Å². The lowest BCUT2D eigenvalue weighted by Crippen LogP contribution is -2.22. The van der Waals surface area contributed by atoms with E-state index in [1.807, 2.05) is 0 Å². The third-order valence-corrected chi connectivity index (χ3v) is 1.68. The molecule has 1 aromatic rings. The standard InChI is InChI=1S/C7H8ClNO2/c1-9-7(10)6(8)5-3-2-4-11-5/h2-4,6H,1H3,(H,9,10)/t6-/m1/s1. The van der Waals surface area contributed by atoms with Gasteiger partial charge in [0.2, 0.25) is 5.91 Å². The normalized spacial score (nSPS) is 12.5. The molecule has 3 nitrogen and oxygen atoms in total. The Morgan fingerprint density at radius 3 is 3.00 bits per heavy atom. The molecule has 1 heterocycles. The fourth-order valence-corrected chi connectivity index (χ4v) is 0.925. The van der Waals surface area contributed by atoms with E-state index in [0.29, 0.717) is 5.76 Å². The zero-order valence-corrected chi connectivity index (χ0v) is 6.76. The summed E-state index contributed by atoms with van der Waals surface area (Å²) in [5.41, 5.74) is 0. The fraction of sp³-hybridized carbons (Fsp3) is 0.286. The summed E-state index contributed by atoms with van der Waals surface area (Å²) in [5.74, 6) is 0.202. The molecule has 1 amide bonds. The third kappa shape index (κ3) is 1.74. The number of nitrogens with one attached hydrogen (secondary N) is 1. The smallest absolute Gasteiger partial charge is 0.245 e. The minimum atomic E-state index is -0.727. The maximum Gasteiger partial charge on any atom is 0.245 e. The van der Waals surface area contributed by atoms with E-state index in [4.69, 9.17) is 16.0 Å². The first-order chi connectivity index (χ1) is 5.25. The largest absolute Gasteiger partial charge is 0.467 e. The summed E-state index contributed by atoms with van der Waals surface area (Å²) in [5, 5.41) is 1.70. The highest BCUT2D eigenvalue weighted by atomic mass is 35.5. The van der Waals surface area contributed by atoms with Crippen LogP contribution in [0.15, 0.2) is 22.8 Å². The van der Waals surface area contributed by atoms with Gasteiger partial charge in [0, 0.05) is 7.05 Å². The lowest BCUT2D eigenvalue weighted by atomic mass is 10.3. The van der Waals surface area contributed by atoms with Gasteiger partial charge in [0.1, 0.15) is 5.76 Å². The molecular formula is C7H8ClNO2. The lowest BCUT2D eigenvalue weighted by molar-refractivity contribution is -0.120. The maximum atomic E-state index is 10.9. The third-order valence-electron chi connectivity index (χ3n) is 1.27. The Balaban J connectivity index is 2.70. The Morgan fingerprint density at radius 2 is 2.55 bits per heavy atom. The quantitative estimate of drug-likeness (QED) is 0.686. The van der Waals surface area contributed by atoms with Crippen molar-refractivity contribution in [1.29, 1.82) is 0 Å². The van der Waals surface area contributed by atoms with Crippen molar-refractivity contribution in [3.8, 4) is 0 Å². The number of carbonyl (C=O) groups excluding carboxylic acids is 1. The number of amides is 1. The minimum absolute atomic E-state index is 0.262. The molecule has 1 rings (SSSR count). The molecule has 0 bridgehead atoms. The highest BCUT2D eigenvalue weighted by Gasteiger charge is 2.17. The van der Waals surface area contributed by atoms with Crippen LogP contribution in [0.4, 0.5) is 0 Å². The van der Waals surface area contributed by atoms with Gasteiger partial charge in [0.15, 0.2) is 5.38 Å². The van der Waals surface area contributed by atoms with Crippen LogP contribution in [0.3, 0.4) is 0 Å². The molecule has 0 fully saturated rings. The minimum Gasteiger partial charge on any atom is -0.467 e. The first-order valence-electron chi connectivity index (χ1n) is 3.14. The van der Waals surface area contributed by atoms with Crippen LogP contribution in [0.25, 0.3) is 0 Å². The molecular weight excluding hydrogens is 166 g/mol. The van der Waals surface area contributed by atoms with Crippen LogP contribution in [-0.2, 0) is 4.79 Å². The molecule has 11 heavy (non-hydrogen) atoms. The molecule has 0 spiro atoms. The summed E-state index contributed by atoms with van der Waals surface area (Å²) in [6, 6.07) is 3.35. The average Bonchev–Trinajstić information content (AvgIpc) is 2.53. The summed E-state index contributed by atoms with van der Waals surface area (Å²) >= 11 is 5.69. The van der Waals surface area contributed by atoms with Gasteiger partial charge in [0.25, 0.3) is 0 Å². The van der Waals surface area contributed by atoms with Gasteiger partial charge in [-0.2, -0.15) is 0 Å². The number of likely N-dealkylation sites (N-methyl/N-ethyl adjacent to an activating group) is 1. The zero-order chi connectivity index (χ0) is 8.27. The Morgan fingerprint density at radius 1 is 1.82 bits per heavy atom. The van der Waals surface area contributed by atoms with E-state index >= 15 is 0 Å². The van der Waals surface area contributed by atoms with E-state index in [1.165, 1.54) is 13.3 Å². The predicted octanol–water partition coefficient (Wildman–Crippen LogP) is 1.31. The van der Waals surface area contributed by atoms with E-state index in [0.717, 1.165) is 0 Å². The number of rotatable bonds is 2. The predicted molar refractivity (Wildman–Crippen MR) is 41.4 cm³/mol. The van der Waals surface area contributed by atoms with E-state index in [1.54, 1.807) is 12.1 Å². The molecule has 0 aliphatic rings. The summed E-state index contributed by atoms with van der Waals surface area (Å²) in [7, 11) is 1.53. The molecule has 0 radical (unpaired) electrons. The molecule has 0 saturated carbocycles. The van der Waals surface area contributed by atoms with Crippen LogP contribution < -0.4 is 5.32 Å². The van der Waals surface area contributed by atoms with Gasteiger partial charge < -0.3 is 9.73 Å². The number of hydrogen-bond acceptors (Lipinski definition) is 2. The average molecular weight is 174 g/mol. The van der Waals surface area contributed by atoms with Gasteiger partial charge in [-0.05, 0) is 12.1 Å². The highest BCUT2D eigenvalue weighted by Crippen LogP contribution is 2.20. The SMILES string of the molecule is CNC(=O)[C@H](Cl)c1ccco1. The van der Waals surface area contributed by atoms with Crippen LogP contribution >= 0.6 is 11.6 Å².